The van der Waals surface area contributed by atoms with Crippen molar-refractivity contribution in [1.29, 1.82) is 0 Å². The smallest absolute Gasteiger partial charge is 0.410 e. The Bertz CT molecular complexity index is 389. The van der Waals surface area contributed by atoms with Crippen LogP contribution >= 0.6 is 11.8 Å². The van der Waals surface area contributed by atoms with E-state index in [-0.39, 0.29) is 12.5 Å². The SMILES string of the molecule is CSC(C)CNC1(CC(=O)O)CN(C(=O)OC(C)(C)C)C1. The highest BCUT2D eigenvalue weighted by atomic mass is 32.2. The van der Waals surface area contributed by atoms with E-state index in [1.54, 1.807) is 16.7 Å². The molecule has 21 heavy (non-hydrogen) atoms. The molecule has 1 heterocycles. The van der Waals surface area contributed by atoms with Crippen LogP contribution in [-0.2, 0) is 9.53 Å². The Balaban J connectivity index is 2.57. The highest BCUT2D eigenvalue weighted by Crippen LogP contribution is 2.27. The number of nitrogens with zero attached hydrogens (tertiary/aromatic N) is 1. The molecule has 1 fully saturated rings. The second kappa shape index (κ2) is 6.87. The number of likely N-dealkylation sites (tertiary alicyclic amines) is 1. The lowest BCUT2D eigenvalue weighted by molar-refractivity contribution is -0.141. The summed E-state index contributed by atoms with van der Waals surface area (Å²) < 4.78 is 5.29. The Morgan fingerprint density at radius 1 is 1.43 bits per heavy atom. The summed E-state index contributed by atoms with van der Waals surface area (Å²) >= 11 is 1.72. The number of aliphatic carboxylic acids is 1. The normalized spacial score (nSPS) is 18.8. The lowest BCUT2D eigenvalue weighted by Crippen LogP contribution is -2.71. The Morgan fingerprint density at radius 3 is 2.43 bits per heavy atom. The number of ether oxygens (including phenoxy) is 1. The molecule has 2 N–H and O–H groups in total. The minimum absolute atomic E-state index is 0.00734. The van der Waals surface area contributed by atoms with E-state index in [4.69, 9.17) is 9.84 Å². The number of thioether (sulfide) groups is 1. The van der Waals surface area contributed by atoms with Gasteiger partial charge in [0.15, 0.2) is 0 Å². The number of amides is 1. The summed E-state index contributed by atoms with van der Waals surface area (Å²) in [5.74, 6) is -0.858. The van der Waals surface area contributed by atoms with E-state index < -0.39 is 17.1 Å². The third-order valence-electron chi connectivity index (χ3n) is 3.30. The van der Waals surface area contributed by atoms with Crippen LogP contribution in [0.3, 0.4) is 0 Å². The Kier molecular flexibility index (Phi) is 5.92. The lowest BCUT2D eigenvalue weighted by atomic mass is 9.86. The van der Waals surface area contributed by atoms with Gasteiger partial charge >= 0.3 is 12.1 Å². The molecule has 0 aliphatic carbocycles. The van der Waals surface area contributed by atoms with Gasteiger partial charge in [0.1, 0.15) is 5.60 Å². The molecule has 1 atom stereocenters. The van der Waals surface area contributed by atoms with Crippen molar-refractivity contribution in [2.75, 3.05) is 25.9 Å². The average Bonchev–Trinajstić information content (AvgIpc) is 2.28. The van der Waals surface area contributed by atoms with Crippen LogP contribution in [0.1, 0.15) is 34.1 Å². The number of carbonyl (C=O) groups is 2. The van der Waals surface area contributed by atoms with Gasteiger partial charge in [-0.05, 0) is 27.0 Å². The van der Waals surface area contributed by atoms with E-state index >= 15 is 0 Å². The molecule has 6 nitrogen and oxygen atoms in total. The number of carbonyl (C=O) groups excluding carboxylic acids is 1. The standard InChI is InChI=1S/C14H26N2O4S/c1-10(21-5)7-15-14(6-11(17)18)8-16(9-14)12(19)20-13(2,3)4/h10,15H,6-9H2,1-5H3,(H,17,18). The fraction of sp³-hybridized carbons (Fsp3) is 0.857. The summed E-state index contributed by atoms with van der Waals surface area (Å²) in [6.45, 7) is 8.98. The third-order valence-corrected chi connectivity index (χ3v) is 4.27. The van der Waals surface area contributed by atoms with Crippen LogP contribution < -0.4 is 5.32 Å². The highest BCUT2D eigenvalue weighted by Gasteiger charge is 2.47. The van der Waals surface area contributed by atoms with E-state index in [9.17, 15) is 9.59 Å². The molecule has 1 aliphatic rings. The molecule has 0 aromatic heterocycles. The van der Waals surface area contributed by atoms with Gasteiger partial charge in [0.2, 0.25) is 0 Å². The molecule has 1 saturated heterocycles. The molecule has 1 amide bonds. The third kappa shape index (κ3) is 5.74. The van der Waals surface area contributed by atoms with Gasteiger partial charge in [0.25, 0.3) is 0 Å². The van der Waals surface area contributed by atoms with Crippen LogP contribution in [0.5, 0.6) is 0 Å². The lowest BCUT2D eigenvalue weighted by Gasteiger charge is -2.50. The monoisotopic (exact) mass is 318 g/mol. The fourth-order valence-corrected chi connectivity index (χ4v) is 2.41. The van der Waals surface area contributed by atoms with Crippen molar-refractivity contribution >= 4 is 23.8 Å². The molecule has 1 unspecified atom stereocenters. The summed E-state index contributed by atoms with van der Waals surface area (Å²) in [6, 6.07) is 0. The Morgan fingerprint density at radius 2 is 2.00 bits per heavy atom. The Labute approximate surface area is 130 Å². The molecule has 0 aromatic rings. The van der Waals surface area contributed by atoms with E-state index in [0.717, 1.165) is 6.54 Å². The zero-order chi connectivity index (χ0) is 16.3. The predicted octanol–water partition coefficient (Wildman–Crippen LogP) is 1.79. The van der Waals surface area contributed by atoms with Crippen LogP contribution in [0.15, 0.2) is 0 Å². The van der Waals surface area contributed by atoms with Crippen molar-refractivity contribution in [2.24, 2.45) is 0 Å². The number of carboxylic acid groups (broad SMARTS) is 1. The molecule has 1 aliphatic heterocycles. The summed E-state index contributed by atoms with van der Waals surface area (Å²) in [6.07, 6.45) is 1.64. The molecule has 1 rings (SSSR count). The maximum absolute atomic E-state index is 11.9. The molecule has 0 radical (unpaired) electrons. The summed E-state index contributed by atoms with van der Waals surface area (Å²) in [7, 11) is 0. The second-order valence-electron chi connectivity index (χ2n) is 6.61. The number of rotatable bonds is 6. The van der Waals surface area contributed by atoms with Crippen molar-refractivity contribution in [3.8, 4) is 0 Å². The maximum Gasteiger partial charge on any atom is 0.410 e. The zero-order valence-corrected chi connectivity index (χ0v) is 14.2. The van der Waals surface area contributed by atoms with Crippen molar-refractivity contribution in [2.45, 2.75) is 50.5 Å². The maximum atomic E-state index is 11.9. The summed E-state index contributed by atoms with van der Waals surface area (Å²) in [4.78, 5) is 24.5. The van der Waals surface area contributed by atoms with Gasteiger partial charge in [-0.1, -0.05) is 6.92 Å². The van der Waals surface area contributed by atoms with E-state index in [0.29, 0.717) is 18.3 Å². The van der Waals surface area contributed by atoms with Crippen molar-refractivity contribution in [1.82, 2.24) is 10.2 Å². The van der Waals surface area contributed by atoms with E-state index in [1.165, 1.54) is 0 Å². The van der Waals surface area contributed by atoms with Crippen LogP contribution in [0.25, 0.3) is 0 Å². The van der Waals surface area contributed by atoms with Crippen LogP contribution in [0, 0.1) is 0 Å². The highest BCUT2D eigenvalue weighted by molar-refractivity contribution is 7.99. The fourth-order valence-electron chi connectivity index (χ4n) is 2.16. The first kappa shape index (κ1) is 18.1. The molecular weight excluding hydrogens is 292 g/mol. The van der Waals surface area contributed by atoms with Gasteiger partial charge in [0, 0.05) is 24.9 Å². The molecular formula is C14H26N2O4S. The van der Waals surface area contributed by atoms with Gasteiger partial charge in [0.05, 0.1) is 12.0 Å². The molecule has 0 saturated carbocycles. The van der Waals surface area contributed by atoms with Crippen LogP contribution in [0.2, 0.25) is 0 Å². The summed E-state index contributed by atoms with van der Waals surface area (Å²) in [5, 5.41) is 12.8. The first-order chi connectivity index (χ1) is 9.57. The van der Waals surface area contributed by atoms with Crippen LogP contribution in [0.4, 0.5) is 4.79 Å². The molecule has 0 bridgehead atoms. The minimum atomic E-state index is -0.858. The Hall–Kier alpha value is -0.950. The first-order valence-electron chi connectivity index (χ1n) is 7.04. The van der Waals surface area contributed by atoms with Gasteiger partial charge < -0.3 is 20.1 Å². The number of hydrogen-bond acceptors (Lipinski definition) is 5. The topological polar surface area (TPSA) is 78.9 Å². The zero-order valence-electron chi connectivity index (χ0n) is 13.4. The minimum Gasteiger partial charge on any atom is -0.481 e. The quantitative estimate of drug-likeness (QED) is 0.777. The van der Waals surface area contributed by atoms with E-state index in [1.807, 2.05) is 27.0 Å². The van der Waals surface area contributed by atoms with Crippen molar-refractivity contribution < 1.29 is 19.4 Å². The molecule has 0 aromatic carbocycles. The summed E-state index contributed by atoms with van der Waals surface area (Å²) in [5.41, 5.74) is -1.07. The first-order valence-corrected chi connectivity index (χ1v) is 8.33. The number of hydrogen-bond donors (Lipinski definition) is 2. The van der Waals surface area contributed by atoms with Crippen molar-refractivity contribution in [3.63, 3.8) is 0 Å². The second-order valence-corrected chi connectivity index (χ2v) is 7.89. The molecule has 122 valence electrons. The average molecular weight is 318 g/mol. The van der Waals surface area contributed by atoms with Crippen molar-refractivity contribution in [3.05, 3.63) is 0 Å². The van der Waals surface area contributed by atoms with Crippen LogP contribution in [-0.4, -0.2) is 64.3 Å². The van der Waals surface area contributed by atoms with Gasteiger partial charge in [-0.25, -0.2) is 4.79 Å². The van der Waals surface area contributed by atoms with Gasteiger partial charge in [-0.3, -0.25) is 4.79 Å². The van der Waals surface area contributed by atoms with E-state index in [2.05, 4.69) is 12.2 Å². The number of carboxylic acids is 1. The number of nitrogens with one attached hydrogen (secondary N) is 1. The molecule has 0 spiro atoms. The van der Waals surface area contributed by atoms with Gasteiger partial charge in [-0.15, -0.1) is 0 Å². The molecule has 7 heteroatoms. The van der Waals surface area contributed by atoms with Gasteiger partial charge in [-0.2, -0.15) is 11.8 Å². The predicted molar refractivity (Wildman–Crippen MR) is 83.8 cm³/mol. The largest absolute Gasteiger partial charge is 0.481 e.